The lowest BCUT2D eigenvalue weighted by Crippen LogP contribution is -2.06. The van der Waals surface area contributed by atoms with E-state index in [9.17, 15) is 4.79 Å². The minimum atomic E-state index is -0.894. The van der Waals surface area contributed by atoms with E-state index in [1.807, 2.05) is 6.92 Å². The lowest BCUT2D eigenvalue weighted by Gasteiger charge is -2.03. The predicted molar refractivity (Wildman–Crippen MR) is 40.8 cm³/mol. The van der Waals surface area contributed by atoms with Crippen LogP contribution < -0.4 is 0 Å². The van der Waals surface area contributed by atoms with Crippen molar-refractivity contribution < 1.29 is 14.6 Å². The van der Waals surface area contributed by atoms with Crippen LogP contribution in [0.4, 0.5) is 0 Å². The molecule has 0 fully saturated rings. The van der Waals surface area contributed by atoms with E-state index in [-0.39, 0.29) is 18.7 Å². The van der Waals surface area contributed by atoms with Crippen molar-refractivity contribution in [2.24, 2.45) is 0 Å². The summed E-state index contributed by atoms with van der Waals surface area (Å²) in [7, 11) is 0. The molecule has 0 heterocycles. The van der Waals surface area contributed by atoms with Crippen molar-refractivity contribution in [2.75, 3.05) is 6.61 Å². The van der Waals surface area contributed by atoms with Crippen molar-refractivity contribution in [1.82, 2.24) is 0 Å². The van der Waals surface area contributed by atoms with Gasteiger partial charge >= 0.3 is 5.97 Å². The highest BCUT2D eigenvalue weighted by Crippen LogP contribution is 1.93. The molecule has 0 aliphatic rings. The van der Waals surface area contributed by atoms with E-state index < -0.39 is 5.97 Å². The molecule has 0 radical (unpaired) electrons. The number of hydrogen-bond donors (Lipinski definition) is 2. The summed E-state index contributed by atoms with van der Waals surface area (Å²) in [4.78, 5) is 10.0. The van der Waals surface area contributed by atoms with Crippen LogP contribution in [0.1, 0.15) is 26.2 Å². The molecule has 0 unspecified atom stereocenters. The number of nitrogens with one attached hydrogen (secondary N) is 1. The molecule has 2 N–H and O–H groups in total. The molecule has 0 aliphatic heterocycles. The first kappa shape index (κ1) is 9.94. The maximum absolute atomic E-state index is 10.0. The molecule has 0 amide bonds. The van der Waals surface area contributed by atoms with Crippen molar-refractivity contribution in [2.45, 2.75) is 26.2 Å². The number of carboxylic acid groups (broad SMARTS) is 1. The third-order valence-corrected chi connectivity index (χ3v) is 1.05. The Bertz CT molecular complexity index is 145. The largest absolute Gasteiger partial charge is 0.481 e. The molecular formula is C7H13NO3. The Hall–Kier alpha value is -1.06. The summed E-state index contributed by atoms with van der Waals surface area (Å²) >= 11 is 0. The molecular weight excluding hydrogens is 146 g/mol. The van der Waals surface area contributed by atoms with Gasteiger partial charge in [-0.15, -0.1) is 0 Å². The molecule has 4 nitrogen and oxygen atoms in total. The number of hydrogen-bond acceptors (Lipinski definition) is 3. The first-order valence-electron chi connectivity index (χ1n) is 3.58. The van der Waals surface area contributed by atoms with Crippen LogP contribution >= 0.6 is 0 Å². The Morgan fingerprint density at radius 2 is 2.18 bits per heavy atom. The summed E-state index contributed by atoms with van der Waals surface area (Å²) in [6.45, 7) is 2.43. The number of rotatable bonds is 5. The topological polar surface area (TPSA) is 70.4 Å². The molecule has 11 heavy (non-hydrogen) atoms. The van der Waals surface area contributed by atoms with Gasteiger partial charge in [0.05, 0.1) is 13.0 Å². The van der Waals surface area contributed by atoms with Gasteiger partial charge in [-0.2, -0.15) is 0 Å². The fourth-order valence-corrected chi connectivity index (χ4v) is 0.518. The fourth-order valence-electron chi connectivity index (χ4n) is 0.518. The van der Waals surface area contributed by atoms with E-state index >= 15 is 0 Å². The second-order valence-corrected chi connectivity index (χ2v) is 2.17. The lowest BCUT2D eigenvalue weighted by atomic mass is 10.3. The van der Waals surface area contributed by atoms with Gasteiger partial charge in [0.25, 0.3) is 0 Å². The minimum absolute atomic E-state index is 0.0253. The Morgan fingerprint density at radius 1 is 1.55 bits per heavy atom. The maximum atomic E-state index is 10.0. The smallest absolute Gasteiger partial charge is 0.303 e. The van der Waals surface area contributed by atoms with Gasteiger partial charge in [-0.3, -0.25) is 10.2 Å². The Morgan fingerprint density at radius 3 is 2.64 bits per heavy atom. The van der Waals surface area contributed by atoms with E-state index in [2.05, 4.69) is 0 Å². The van der Waals surface area contributed by atoms with Crippen LogP contribution in [-0.2, 0) is 9.53 Å². The first-order valence-corrected chi connectivity index (χ1v) is 3.58. The number of aliphatic carboxylic acids is 1. The summed E-state index contributed by atoms with van der Waals surface area (Å²) in [5.41, 5.74) is 0. The van der Waals surface area contributed by atoms with Gasteiger partial charge in [0.1, 0.15) is 0 Å². The van der Waals surface area contributed by atoms with Crippen molar-refractivity contribution in [1.29, 1.82) is 5.41 Å². The van der Waals surface area contributed by atoms with Crippen LogP contribution in [0, 0.1) is 5.41 Å². The summed E-state index contributed by atoms with van der Waals surface area (Å²) in [5, 5.41) is 15.3. The third kappa shape index (κ3) is 6.83. The Labute approximate surface area is 65.7 Å². The number of carbonyl (C=O) groups is 1. The van der Waals surface area contributed by atoms with E-state index in [4.69, 9.17) is 15.3 Å². The summed E-state index contributed by atoms with van der Waals surface area (Å²) < 4.78 is 4.86. The van der Waals surface area contributed by atoms with Gasteiger partial charge < -0.3 is 9.84 Å². The SMILES string of the molecule is CCCOC(=N)CCC(=O)O. The highest BCUT2D eigenvalue weighted by Gasteiger charge is 2.01. The quantitative estimate of drug-likeness (QED) is 0.468. The first-order chi connectivity index (χ1) is 5.16. The van der Waals surface area contributed by atoms with Gasteiger partial charge in [-0.05, 0) is 6.42 Å². The van der Waals surface area contributed by atoms with Crippen LogP contribution in [0.5, 0.6) is 0 Å². The summed E-state index contributed by atoms with van der Waals surface area (Å²) in [5.74, 6) is -0.830. The van der Waals surface area contributed by atoms with Gasteiger partial charge in [-0.1, -0.05) is 6.92 Å². The fraction of sp³-hybridized carbons (Fsp3) is 0.714. The molecule has 0 aromatic rings. The van der Waals surface area contributed by atoms with Crippen LogP contribution in [0.15, 0.2) is 0 Å². The predicted octanol–water partition coefficient (Wildman–Crippen LogP) is 1.26. The van der Waals surface area contributed by atoms with Crippen LogP contribution in [0.3, 0.4) is 0 Å². The average molecular weight is 159 g/mol. The standard InChI is InChI=1S/C7H13NO3/c1-2-5-11-6(8)3-4-7(9)10/h8H,2-5H2,1H3,(H,9,10). The molecule has 0 spiro atoms. The van der Waals surface area contributed by atoms with Gasteiger partial charge in [0, 0.05) is 6.42 Å². The molecule has 0 rings (SSSR count). The highest BCUT2D eigenvalue weighted by atomic mass is 16.5. The Kier molecular flexibility index (Phi) is 5.15. The number of ether oxygens (including phenoxy) is 1. The van der Waals surface area contributed by atoms with E-state index in [0.717, 1.165) is 6.42 Å². The zero-order valence-corrected chi connectivity index (χ0v) is 6.59. The lowest BCUT2D eigenvalue weighted by molar-refractivity contribution is -0.136. The number of carboxylic acids is 1. The van der Waals surface area contributed by atoms with Crippen LogP contribution in [0.2, 0.25) is 0 Å². The highest BCUT2D eigenvalue weighted by molar-refractivity contribution is 5.78. The molecule has 0 saturated heterocycles. The second-order valence-electron chi connectivity index (χ2n) is 2.17. The van der Waals surface area contributed by atoms with Crippen molar-refractivity contribution in [3.8, 4) is 0 Å². The monoisotopic (exact) mass is 159 g/mol. The minimum Gasteiger partial charge on any atom is -0.481 e. The van der Waals surface area contributed by atoms with E-state index in [1.165, 1.54) is 0 Å². The average Bonchev–Trinajstić information content (AvgIpc) is 1.97. The molecule has 64 valence electrons. The third-order valence-electron chi connectivity index (χ3n) is 1.05. The molecule has 0 aromatic carbocycles. The molecule has 4 heteroatoms. The second kappa shape index (κ2) is 5.70. The normalized spacial score (nSPS) is 9.18. The van der Waals surface area contributed by atoms with Crippen LogP contribution in [-0.4, -0.2) is 23.6 Å². The van der Waals surface area contributed by atoms with Crippen molar-refractivity contribution >= 4 is 11.9 Å². The van der Waals surface area contributed by atoms with E-state index in [1.54, 1.807) is 0 Å². The molecule has 0 bridgehead atoms. The zero-order chi connectivity index (χ0) is 8.69. The summed E-state index contributed by atoms with van der Waals surface area (Å²) in [6, 6.07) is 0. The molecule has 0 aliphatic carbocycles. The van der Waals surface area contributed by atoms with Gasteiger partial charge in [0.2, 0.25) is 0 Å². The van der Waals surface area contributed by atoms with Gasteiger partial charge in [0.15, 0.2) is 5.90 Å². The Balaban J connectivity index is 3.30. The zero-order valence-electron chi connectivity index (χ0n) is 6.59. The van der Waals surface area contributed by atoms with Crippen molar-refractivity contribution in [3.63, 3.8) is 0 Å². The summed E-state index contributed by atoms with van der Waals surface area (Å²) in [6.07, 6.45) is 1.01. The van der Waals surface area contributed by atoms with Crippen LogP contribution in [0.25, 0.3) is 0 Å². The molecule has 0 saturated carbocycles. The molecule has 0 atom stereocenters. The van der Waals surface area contributed by atoms with Crippen molar-refractivity contribution in [3.05, 3.63) is 0 Å². The van der Waals surface area contributed by atoms with E-state index in [0.29, 0.717) is 6.61 Å². The maximum Gasteiger partial charge on any atom is 0.303 e. The molecule has 0 aromatic heterocycles. The van der Waals surface area contributed by atoms with Gasteiger partial charge in [-0.25, -0.2) is 0 Å².